The molecule has 1 saturated heterocycles. The van der Waals surface area contributed by atoms with Gasteiger partial charge >= 0.3 is 0 Å². The largest absolute Gasteiger partial charge is 0.417 e. The summed E-state index contributed by atoms with van der Waals surface area (Å²) in [5.41, 5.74) is 0. The molecule has 1 aliphatic rings. The Kier molecular flexibility index (Phi) is 5.71. The Hall–Kier alpha value is 0.327. The number of likely N-dealkylation sites (N-methyl/N-ethyl adjacent to an activating group) is 2. The zero-order valence-electron chi connectivity index (χ0n) is 14.6. The van der Waals surface area contributed by atoms with Crippen molar-refractivity contribution in [2.45, 2.75) is 45.8 Å². The van der Waals surface area contributed by atoms with E-state index in [0.717, 1.165) is 25.9 Å². The van der Waals surface area contributed by atoms with Gasteiger partial charge in [0, 0.05) is 25.9 Å². The van der Waals surface area contributed by atoms with Crippen molar-refractivity contribution in [1.29, 1.82) is 0 Å². The Bertz CT molecular complexity index is 368. The van der Waals surface area contributed by atoms with Gasteiger partial charge in [-0.25, -0.2) is 9.34 Å². The minimum Gasteiger partial charge on any atom is -0.417 e. The molecule has 0 unspecified atom stereocenters. The van der Waals surface area contributed by atoms with E-state index in [1.165, 1.54) is 0 Å². The van der Waals surface area contributed by atoms with E-state index in [9.17, 15) is 4.57 Å². The maximum absolute atomic E-state index is 13.0. The second-order valence-electron chi connectivity index (χ2n) is 7.79. The van der Waals surface area contributed by atoms with Crippen LogP contribution in [0.5, 0.6) is 0 Å². The first-order valence-electron chi connectivity index (χ1n) is 7.56. The van der Waals surface area contributed by atoms with Gasteiger partial charge in [0.05, 0.1) is 0 Å². The van der Waals surface area contributed by atoms with Gasteiger partial charge < -0.3 is 4.43 Å². The molecule has 0 amide bonds. The molecule has 0 bridgehead atoms. The van der Waals surface area contributed by atoms with Crippen LogP contribution in [0.4, 0.5) is 0 Å². The third kappa shape index (κ3) is 3.95. The van der Waals surface area contributed by atoms with Crippen LogP contribution in [0.3, 0.4) is 0 Å². The lowest BCUT2D eigenvalue weighted by Crippen LogP contribution is -2.42. The summed E-state index contributed by atoms with van der Waals surface area (Å²) in [5, 5.41) is 0.234. The fourth-order valence-corrected chi connectivity index (χ4v) is 6.10. The highest BCUT2D eigenvalue weighted by molar-refractivity contribution is 7.59. The van der Waals surface area contributed by atoms with Crippen LogP contribution in [0.15, 0.2) is 0 Å². The van der Waals surface area contributed by atoms with E-state index in [1.807, 2.05) is 23.4 Å². The number of nitrogens with zero attached hydrogens (tertiary/aromatic N) is 2. The highest BCUT2D eigenvalue weighted by atomic mass is 31.2. The van der Waals surface area contributed by atoms with Crippen molar-refractivity contribution in [3.05, 3.63) is 0 Å². The predicted octanol–water partition coefficient (Wildman–Crippen LogP) is 3.71. The Morgan fingerprint density at radius 1 is 1.20 bits per heavy atom. The number of hydrogen-bond donors (Lipinski definition) is 0. The molecule has 0 aromatic heterocycles. The Labute approximate surface area is 126 Å². The number of rotatable bonds is 5. The van der Waals surface area contributed by atoms with E-state index in [1.54, 1.807) is 0 Å². The highest BCUT2D eigenvalue weighted by Crippen LogP contribution is 2.55. The molecule has 0 radical (unpaired) electrons. The zero-order chi connectivity index (χ0) is 15.8. The molecule has 1 aliphatic heterocycles. The summed E-state index contributed by atoms with van der Waals surface area (Å²) in [6, 6.07) is 0. The van der Waals surface area contributed by atoms with Gasteiger partial charge in [0.15, 0.2) is 8.32 Å². The van der Waals surface area contributed by atoms with Gasteiger partial charge in [-0.05, 0) is 38.1 Å². The van der Waals surface area contributed by atoms with Crippen molar-refractivity contribution in [2.24, 2.45) is 5.92 Å². The molecule has 0 N–H and O–H groups in total. The molecule has 6 heteroatoms. The van der Waals surface area contributed by atoms with Gasteiger partial charge in [-0.1, -0.05) is 27.7 Å². The molecule has 0 aromatic rings. The van der Waals surface area contributed by atoms with Crippen LogP contribution in [0.2, 0.25) is 18.1 Å². The lowest BCUT2D eigenvalue weighted by atomic mass is 10.2. The summed E-state index contributed by atoms with van der Waals surface area (Å²) in [5.74, 6) is 0.331. The molecule has 0 spiro atoms. The van der Waals surface area contributed by atoms with Crippen molar-refractivity contribution in [2.75, 3.05) is 40.0 Å². The molecule has 20 heavy (non-hydrogen) atoms. The summed E-state index contributed by atoms with van der Waals surface area (Å²) in [7, 11) is -0.0718. The minimum atomic E-state index is -2.33. The van der Waals surface area contributed by atoms with Crippen molar-refractivity contribution in [3.63, 3.8) is 0 Å². The summed E-state index contributed by atoms with van der Waals surface area (Å²) in [6.07, 6.45) is 0.731. The van der Waals surface area contributed by atoms with E-state index < -0.39 is 15.8 Å². The highest BCUT2D eigenvalue weighted by Gasteiger charge is 2.41. The molecule has 0 aromatic carbocycles. The quantitative estimate of drug-likeness (QED) is 0.571. The standard InChI is InChI=1S/C14H33N2O2PSi/c1-13(11-18-20(7,8)14(2,3)4)12-19(17)15(5)9-10-16(19)6/h13H,9-12H2,1-8H3/t13-/m1/s1. The SMILES string of the molecule is C[C@H](CO[Si](C)(C)C(C)(C)C)CP1(=O)N(C)CCN1C. The number of hydrogen-bond acceptors (Lipinski definition) is 2. The zero-order valence-corrected chi connectivity index (χ0v) is 16.5. The van der Waals surface area contributed by atoms with Crippen molar-refractivity contribution < 1.29 is 8.99 Å². The summed E-state index contributed by atoms with van der Waals surface area (Å²) < 4.78 is 23.4. The summed E-state index contributed by atoms with van der Waals surface area (Å²) >= 11 is 0. The van der Waals surface area contributed by atoms with E-state index in [4.69, 9.17) is 4.43 Å². The van der Waals surface area contributed by atoms with Gasteiger partial charge in [-0.3, -0.25) is 4.57 Å². The second kappa shape index (κ2) is 6.21. The topological polar surface area (TPSA) is 32.8 Å². The molecule has 1 heterocycles. The fourth-order valence-electron chi connectivity index (χ4n) is 2.17. The molecule has 120 valence electrons. The summed E-state index contributed by atoms with van der Waals surface area (Å²) in [6.45, 7) is 16.0. The Morgan fingerprint density at radius 2 is 1.65 bits per heavy atom. The van der Waals surface area contributed by atoms with Crippen LogP contribution in [0.25, 0.3) is 0 Å². The maximum Gasteiger partial charge on any atom is 0.216 e. The van der Waals surface area contributed by atoms with E-state index in [2.05, 4.69) is 40.8 Å². The predicted molar refractivity (Wildman–Crippen MR) is 90.0 cm³/mol. The first-order valence-corrected chi connectivity index (χ1v) is 12.3. The molecule has 1 fully saturated rings. The van der Waals surface area contributed by atoms with Crippen LogP contribution in [-0.4, -0.2) is 57.6 Å². The van der Waals surface area contributed by atoms with Crippen LogP contribution >= 0.6 is 7.44 Å². The molecule has 0 aliphatic carbocycles. The van der Waals surface area contributed by atoms with E-state index in [0.29, 0.717) is 5.92 Å². The van der Waals surface area contributed by atoms with Crippen molar-refractivity contribution >= 4 is 15.8 Å². The molecular formula is C14H33N2O2PSi. The van der Waals surface area contributed by atoms with Crippen LogP contribution in [0, 0.1) is 5.92 Å². The van der Waals surface area contributed by atoms with Crippen LogP contribution < -0.4 is 0 Å². The Balaban J connectivity index is 2.57. The maximum atomic E-state index is 13.0. The van der Waals surface area contributed by atoms with Crippen LogP contribution in [0.1, 0.15) is 27.7 Å². The summed E-state index contributed by atoms with van der Waals surface area (Å²) in [4.78, 5) is 0. The van der Waals surface area contributed by atoms with Gasteiger partial charge in [0.25, 0.3) is 0 Å². The Morgan fingerprint density at radius 3 is 2.05 bits per heavy atom. The molecular weight excluding hydrogens is 287 g/mol. The normalized spacial score (nSPS) is 23.2. The molecule has 1 atom stereocenters. The van der Waals surface area contributed by atoms with Gasteiger partial charge in [-0.2, -0.15) is 0 Å². The first kappa shape index (κ1) is 18.4. The van der Waals surface area contributed by atoms with Crippen molar-refractivity contribution in [3.8, 4) is 0 Å². The van der Waals surface area contributed by atoms with Gasteiger partial charge in [0.1, 0.15) is 0 Å². The van der Waals surface area contributed by atoms with Gasteiger partial charge in [-0.15, -0.1) is 0 Å². The molecule has 4 nitrogen and oxygen atoms in total. The second-order valence-corrected chi connectivity index (χ2v) is 15.7. The average molecular weight is 320 g/mol. The van der Waals surface area contributed by atoms with Crippen LogP contribution in [-0.2, 0) is 8.99 Å². The fraction of sp³-hybridized carbons (Fsp3) is 1.00. The van der Waals surface area contributed by atoms with Gasteiger partial charge in [0.2, 0.25) is 7.44 Å². The van der Waals surface area contributed by atoms with E-state index in [-0.39, 0.29) is 5.04 Å². The monoisotopic (exact) mass is 320 g/mol. The first-order chi connectivity index (χ1) is 8.90. The average Bonchev–Trinajstić information content (AvgIpc) is 2.53. The van der Waals surface area contributed by atoms with Crippen molar-refractivity contribution in [1.82, 2.24) is 9.34 Å². The minimum absolute atomic E-state index is 0.234. The van der Waals surface area contributed by atoms with E-state index >= 15 is 0 Å². The third-order valence-corrected chi connectivity index (χ3v) is 13.0. The smallest absolute Gasteiger partial charge is 0.216 e. The molecule has 1 rings (SSSR count). The lowest BCUT2D eigenvalue weighted by Gasteiger charge is -2.37. The third-order valence-electron chi connectivity index (χ3n) is 4.90. The lowest BCUT2D eigenvalue weighted by molar-refractivity contribution is 0.246. The molecule has 0 saturated carbocycles.